The fourth-order valence-corrected chi connectivity index (χ4v) is 3.10. The summed E-state index contributed by atoms with van der Waals surface area (Å²) in [7, 11) is 3.52. The molecule has 1 N–H and O–H groups in total. The van der Waals surface area contributed by atoms with E-state index >= 15 is 0 Å². The predicted molar refractivity (Wildman–Crippen MR) is 119 cm³/mol. The van der Waals surface area contributed by atoms with E-state index in [0.717, 1.165) is 57.8 Å². The first kappa shape index (κ1) is 24.4. The minimum absolute atomic E-state index is 0. The van der Waals surface area contributed by atoms with Gasteiger partial charge in [0.05, 0.1) is 18.8 Å². The van der Waals surface area contributed by atoms with Gasteiger partial charge in [-0.2, -0.15) is 0 Å². The summed E-state index contributed by atoms with van der Waals surface area (Å²) < 4.78 is 11.7. The van der Waals surface area contributed by atoms with Crippen molar-refractivity contribution < 1.29 is 14.3 Å². The molecule has 0 radical (unpaired) electrons. The predicted octanol–water partition coefficient (Wildman–Crippen LogP) is 2.10. The third kappa shape index (κ3) is 8.51. The molecule has 2 aliphatic rings. The first-order valence-electron chi connectivity index (χ1n) is 9.98. The Labute approximate surface area is 181 Å². The SMILES string of the molecule is CCC(C)NC(=NCC(=O)N(C)C)N1CCC(OCC2CCCO2)CC1.I. The molecule has 0 aliphatic carbocycles. The molecule has 27 heavy (non-hydrogen) atoms. The van der Waals surface area contributed by atoms with E-state index in [9.17, 15) is 4.79 Å². The summed E-state index contributed by atoms with van der Waals surface area (Å²) in [6.45, 7) is 7.85. The Balaban J connectivity index is 0.00000364. The Morgan fingerprint density at radius 1 is 1.33 bits per heavy atom. The monoisotopic (exact) mass is 496 g/mol. The van der Waals surface area contributed by atoms with E-state index in [1.807, 2.05) is 0 Å². The molecule has 2 fully saturated rings. The van der Waals surface area contributed by atoms with Crippen molar-refractivity contribution in [1.82, 2.24) is 15.1 Å². The zero-order valence-corrected chi connectivity index (χ0v) is 19.6. The van der Waals surface area contributed by atoms with Crippen LogP contribution in [-0.2, 0) is 14.3 Å². The summed E-state index contributed by atoms with van der Waals surface area (Å²) in [5, 5.41) is 3.47. The second kappa shape index (κ2) is 12.8. The first-order chi connectivity index (χ1) is 12.5. The van der Waals surface area contributed by atoms with Crippen LogP contribution in [0.3, 0.4) is 0 Å². The number of aliphatic imine (C=N–C) groups is 1. The Morgan fingerprint density at radius 3 is 2.59 bits per heavy atom. The molecule has 0 saturated carbocycles. The van der Waals surface area contributed by atoms with Gasteiger partial charge in [0.15, 0.2) is 5.96 Å². The standard InChI is InChI=1S/C19H36N4O3.HI/c1-5-15(2)21-19(20-13-18(24)22(3)4)23-10-8-16(9-11-23)26-14-17-7-6-12-25-17;/h15-17H,5-14H2,1-4H3,(H,20,21);1H. The molecule has 2 saturated heterocycles. The number of likely N-dealkylation sites (tertiary alicyclic amines) is 1. The number of nitrogens with one attached hydrogen (secondary N) is 1. The molecule has 2 aliphatic heterocycles. The van der Waals surface area contributed by atoms with Crippen LogP contribution in [0.2, 0.25) is 0 Å². The lowest BCUT2D eigenvalue weighted by Crippen LogP contribution is -2.49. The van der Waals surface area contributed by atoms with Gasteiger partial charge in [-0.25, -0.2) is 4.99 Å². The maximum Gasteiger partial charge on any atom is 0.243 e. The molecule has 0 aromatic rings. The van der Waals surface area contributed by atoms with E-state index in [4.69, 9.17) is 9.47 Å². The molecule has 0 spiro atoms. The van der Waals surface area contributed by atoms with E-state index in [2.05, 4.69) is 29.1 Å². The van der Waals surface area contributed by atoms with Crippen molar-refractivity contribution in [2.75, 3.05) is 46.9 Å². The van der Waals surface area contributed by atoms with Gasteiger partial charge >= 0.3 is 0 Å². The Morgan fingerprint density at radius 2 is 2.04 bits per heavy atom. The zero-order valence-electron chi connectivity index (χ0n) is 17.3. The van der Waals surface area contributed by atoms with Crippen LogP contribution in [0.15, 0.2) is 4.99 Å². The molecule has 0 bridgehead atoms. The maximum atomic E-state index is 11.9. The van der Waals surface area contributed by atoms with Crippen LogP contribution >= 0.6 is 24.0 Å². The summed E-state index contributed by atoms with van der Waals surface area (Å²) in [6.07, 6.45) is 5.83. The molecule has 0 aromatic carbocycles. The number of hydrogen-bond acceptors (Lipinski definition) is 4. The summed E-state index contributed by atoms with van der Waals surface area (Å²) in [4.78, 5) is 20.3. The lowest BCUT2D eigenvalue weighted by atomic mass is 10.1. The molecular weight excluding hydrogens is 459 g/mol. The number of hydrogen-bond donors (Lipinski definition) is 1. The number of carbonyl (C=O) groups is 1. The molecule has 1 amide bonds. The molecular formula is C19H37IN4O3. The molecule has 2 unspecified atom stereocenters. The molecule has 158 valence electrons. The van der Waals surface area contributed by atoms with Gasteiger partial charge in [-0.05, 0) is 39.0 Å². The molecule has 7 nitrogen and oxygen atoms in total. The summed E-state index contributed by atoms with van der Waals surface area (Å²) in [6, 6.07) is 0.330. The van der Waals surface area contributed by atoms with Gasteiger partial charge in [-0.3, -0.25) is 4.79 Å². The fraction of sp³-hybridized carbons (Fsp3) is 0.895. The van der Waals surface area contributed by atoms with Crippen molar-refractivity contribution in [3.8, 4) is 0 Å². The summed E-state index contributed by atoms with van der Waals surface area (Å²) in [5.41, 5.74) is 0. The van der Waals surface area contributed by atoms with E-state index < -0.39 is 0 Å². The Kier molecular flexibility index (Phi) is 11.6. The molecule has 2 rings (SSSR count). The molecule has 2 heterocycles. The molecule has 0 aromatic heterocycles. The number of guanidine groups is 1. The van der Waals surface area contributed by atoms with Gasteiger partial charge in [0.2, 0.25) is 5.91 Å². The number of nitrogens with zero attached hydrogens (tertiary/aromatic N) is 3. The van der Waals surface area contributed by atoms with Crippen LogP contribution in [0.25, 0.3) is 0 Å². The Bertz CT molecular complexity index is 462. The number of amides is 1. The van der Waals surface area contributed by atoms with Gasteiger partial charge in [-0.15, -0.1) is 24.0 Å². The minimum Gasteiger partial charge on any atom is -0.376 e. The lowest BCUT2D eigenvalue weighted by Gasteiger charge is -2.35. The lowest BCUT2D eigenvalue weighted by molar-refractivity contribution is -0.127. The average Bonchev–Trinajstić information content (AvgIpc) is 3.16. The van der Waals surface area contributed by atoms with Crippen LogP contribution in [0.1, 0.15) is 46.0 Å². The number of ether oxygens (including phenoxy) is 2. The van der Waals surface area contributed by atoms with E-state index in [-0.39, 0.29) is 42.5 Å². The Hall–Kier alpha value is -0.610. The maximum absolute atomic E-state index is 11.9. The van der Waals surface area contributed by atoms with Crippen LogP contribution in [0.4, 0.5) is 0 Å². The average molecular weight is 496 g/mol. The third-order valence-corrected chi connectivity index (χ3v) is 5.13. The van der Waals surface area contributed by atoms with E-state index in [0.29, 0.717) is 18.8 Å². The minimum atomic E-state index is 0. The van der Waals surface area contributed by atoms with Crippen molar-refractivity contribution >= 4 is 35.8 Å². The summed E-state index contributed by atoms with van der Waals surface area (Å²) in [5.74, 6) is 0.857. The third-order valence-electron chi connectivity index (χ3n) is 5.13. The van der Waals surface area contributed by atoms with Crippen molar-refractivity contribution in [3.05, 3.63) is 0 Å². The summed E-state index contributed by atoms with van der Waals surface area (Å²) >= 11 is 0. The smallest absolute Gasteiger partial charge is 0.243 e. The largest absolute Gasteiger partial charge is 0.376 e. The fourth-order valence-electron chi connectivity index (χ4n) is 3.10. The second-order valence-corrected chi connectivity index (χ2v) is 7.54. The quantitative estimate of drug-likeness (QED) is 0.332. The molecule has 2 atom stereocenters. The van der Waals surface area contributed by atoms with Crippen molar-refractivity contribution in [2.45, 2.75) is 64.2 Å². The number of piperidine rings is 1. The first-order valence-corrected chi connectivity index (χ1v) is 9.98. The number of halogens is 1. The van der Waals surface area contributed by atoms with E-state index in [1.165, 1.54) is 0 Å². The normalized spacial score (nSPS) is 22.3. The molecule has 8 heteroatoms. The second-order valence-electron chi connectivity index (χ2n) is 7.54. The van der Waals surface area contributed by atoms with E-state index in [1.54, 1.807) is 19.0 Å². The topological polar surface area (TPSA) is 66.4 Å². The zero-order chi connectivity index (χ0) is 18.9. The highest BCUT2D eigenvalue weighted by Crippen LogP contribution is 2.18. The van der Waals surface area contributed by atoms with Crippen molar-refractivity contribution in [2.24, 2.45) is 4.99 Å². The number of rotatable bonds is 7. The highest BCUT2D eigenvalue weighted by Gasteiger charge is 2.25. The van der Waals surface area contributed by atoms with Gasteiger partial charge in [0.1, 0.15) is 6.54 Å². The number of carbonyl (C=O) groups excluding carboxylic acids is 1. The van der Waals surface area contributed by atoms with Gasteiger partial charge in [0, 0.05) is 39.8 Å². The van der Waals surface area contributed by atoms with Crippen molar-refractivity contribution in [3.63, 3.8) is 0 Å². The number of likely N-dealkylation sites (N-methyl/N-ethyl adjacent to an activating group) is 1. The van der Waals surface area contributed by atoms with Gasteiger partial charge < -0.3 is 24.6 Å². The highest BCUT2D eigenvalue weighted by atomic mass is 127. The van der Waals surface area contributed by atoms with Crippen molar-refractivity contribution in [1.29, 1.82) is 0 Å². The van der Waals surface area contributed by atoms with Gasteiger partial charge in [0.25, 0.3) is 0 Å². The highest BCUT2D eigenvalue weighted by molar-refractivity contribution is 14.0. The van der Waals surface area contributed by atoms with Crippen LogP contribution in [0.5, 0.6) is 0 Å². The van der Waals surface area contributed by atoms with Crippen LogP contribution in [-0.4, -0.2) is 86.9 Å². The van der Waals surface area contributed by atoms with Crippen LogP contribution in [0, 0.1) is 0 Å². The van der Waals surface area contributed by atoms with Crippen LogP contribution < -0.4 is 5.32 Å². The van der Waals surface area contributed by atoms with Gasteiger partial charge in [-0.1, -0.05) is 6.92 Å².